The van der Waals surface area contributed by atoms with Crippen LogP contribution in [0.3, 0.4) is 0 Å². The third-order valence-corrected chi connectivity index (χ3v) is 13.0. The molecule has 2 unspecified atom stereocenters. The molecular formula is C46H51N3O8S. The fourth-order valence-corrected chi connectivity index (χ4v) is 9.46. The molecular weight excluding hydrogens is 755 g/mol. The van der Waals surface area contributed by atoms with E-state index >= 15 is 0 Å². The molecule has 2 atom stereocenters. The molecule has 0 saturated heterocycles. The number of fused-ring (bicyclic) bond motifs is 2. The molecule has 4 aliphatic rings. The van der Waals surface area contributed by atoms with Gasteiger partial charge in [0, 0.05) is 37.3 Å². The van der Waals surface area contributed by atoms with Crippen molar-refractivity contribution in [2.45, 2.75) is 49.1 Å². The van der Waals surface area contributed by atoms with Gasteiger partial charge in [0.2, 0.25) is 15.8 Å². The Morgan fingerprint density at radius 1 is 0.707 bits per heavy atom. The first-order chi connectivity index (χ1) is 28.1. The van der Waals surface area contributed by atoms with Crippen LogP contribution in [0.2, 0.25) is 0 Å². The Hall–Kier alpha value is -5.27. The standard InChI is InChI=1S/C46H51N3O8S/c1-48-21-18-32-27-40(52-3)42-29-36(32)37(48)24-30-12-15-34(16-13-30)56-41-26-31(14-17-39(41)55-23-9-20-47-58(50,51)35-10-7-6-8-11-35)25-38-44-33(19-22-49(38)2)28-43(53-4)45(54-5)46(44)57-42/h6-8,10-17,26-29,37-38,47H,9,18-25H2,1-5H3. The van der Waals surface area contributed by atoms with Gasteiger partial charge in [-0.2, -0.15) is 0 Å². The van der Waals surface area contributed by atoms with E-state index < -0.39 is 10.0 Å². The Balaban J connectivity index is 1.18. The number of hydrogen-bond acceptors (Lipinski definition) is 10. The number of rotatable bonds is 10. The van der Waals surface area contributed by atoms with Crippen LogP contribution in [-0.4, -0.2) is 79.9 Å². The molecule has 0 saturated carbocycles. The molecule has 304 valence electrons. The van der Waals surface area contributed by atoms with Crippen molar-refractivity contribution < 1.29 is 36.8 Å². The van der Waals surface area contributed by atoms with Crippen molar-refractivity contribution in [2.24, 2.45) is 0 Å². The van der Waals surface area contributed by atoms with Gasteiger partial charge in [0.15, 0.2) is 34.5 Å². The normalized spacial score (nSPS) is 17.9. The van der Waals surface area contributed by atoms with Crippen molar-refractivity contribution in [2.75, 3.05) is 61.7 Å². The predicted octanol–water partition coefficient (Wildman–Crippen LogP) is 7.90. The SMILES string of the molecule is COc1cc2c3cc1Oc1c(OC)c(OC)cc4c1C(Cc1ccc(OCCCNS(=O)(=O)c5ccccc5)c(c1)Oc1ccc(cc1)CC3N(C)CC2)N(C)CC4. The quantitative estimate of drug-likeness (QED) is 0.140. The number of likely N-dealkylation sites (N-methyl/N-ethyl adjacent to an activating group) is 2. The highest BCUT2D eigenvalue weighted by molar-refractivity contribution is 7.89. The Bertz CT molecular complexity index is 2370. The van der Waals surface area contributed by atoms with E-state index in [1.54, 1.807) is 51.7 Å². The first kappa shape index (κ1) is 39.6. The minimum Gasteiger partial charge on any atom is -0.493 e. The highest BCUT2D eigenvalue weighted by Crippen LogP contribution is 2.52. The maximum Gasteiger partial charge on any atom is 0.240 e. The van der Waals surface area contributed by atoms with Gasteiger partial charge in [0.25, 0.3) is 0 Å². The summed E-state index contributed by atoms with van der Waals surface area (Å²) >= 11 is 0. The lowest BCUT2D eigenvalue weighted by atomic mass is 9.87. The van der Waals surface area contributed by atoms with Gasteiger partial charge in [-0.05, 0) is 129 Å². The molecule has 0 fully saturated rings. The number of hydrogen-bond donors (Lipinski definition) is 1. The maximum absolute atomic E-state index is 12.8. The van der Waals surface area contributed by atoms with E-state index in [1.165, 1.54) is 16.7 Å². The maximum atomic E-state index is 12.8. The van der Waals surface area contributed by atoms with Gasteiger partial charge in [0.1, 0.15) is 5.75 Å². The summed E-state index contributed by atoms with van der Waals surface area (Å²) in [4.78, 5) is 4.99. The van der Waals surface area contributed by atoms with E-state index in [0.29, 0.717) is 58.8 Å². The van der Waals surface area contributed by atoms with Gasteiger partial charge in [-0.3, -0.25) is 9.80 Å². The van der Waals surface area contributed by atoms with Gasteiger partial charge in [-0.15, -0.1) is 0 Å². The summed E-state index contributed by atoms with van der Waals surface area (Å²) in [7, 11) is 5.71. The van der Waals surface area contributed by atoms with Crippen LogP contribution in [0.1, 0.15) is 51.9 Å². The van der Waals surface area contributed by atoms with Gasteiger partial charge >= 0.3 is 0 Å². The average Bonchev–Trinajstić information content (AvgIpc) is 3.23. The van der Waals surface area contributed by atoms with E-state index in [0.717, 1.165) is 49.0 Å². The molecule has 9 rings (SSSR count). The first-order valence-corrected chi connectivity index (χ1v) is 21.3. The second-order valence-corrected chi connectivity index (χ2v) is 16.9. The van der Waals surface area contributed by atoms with E-state index in [1.807, 2.05) is 24.3 Å². The lowest BCUT2D eigenvalue weighted by molar-refractivity contribution is 0.220. The monoisotopic (exact) mass is 805 g/mol. The summed E-state index contributed by atoms with van der Waals surface area (Å²) in [5.41, 5.74) is 6.85. The summed E-state index contributed by atoms with van der Waals surface area (Å²) in [6.45, 7) is 2.28. The van der Waals surface area contributed by atoms with Crippen LogP contribution in [0.4, 0.5) is 0 Å². The molecule has 6 bridgehead atoms. The smallest absolute Gasteiger partial charge is 0.240 e. The Morgan fingerprint density at radius 2 is 1.38 bits per heavy atom. The van der Waals surface area contributed by atoms with E-state index in [9.17, 15) is 8.42 Å². The van der Waals surface area contributed by atoms with Crippen molar-refractivity contribution in [3.8, 4) is 46.0 Å². The van der Waals surface area contributed by atoms with E-state index in [4.69, 9.17) is 28.4 Å². The molecule has 0 spiro atoms. The van der Waals surface area contributed by atoms with Gasteiger partial charge in [-0.1, -0.05) is 36.4 Å². The van der Waals surface area contributed by atoms with Crippen molar-refractivity contribution in [3.05, 3.63) is 124 Å². The Kier molecular flexibility index (Phi) is 11.5. The minimum absolute atomic E-state index is 0.0866. The zero-order chi connectivity index (χ0) is 40.4. The van der Waals surface area contributed by atoms with Crippen LogP contribution < -0.4 is 33.1 Å². The largest absolute Gasteiger partial charge is 0.493 e. The Morgan fingerprint density at radius 3 is 2.12 bits per heavy atom. The summed E-state index contributed by atoms with van der Waals surface area (Å²) in [6, 6.07) is 29.1. The van der Waals surface area contributed by atoms with Crippen LogP contribution in [0, 0.1) is 0 Å². The lowest BCUT2D eigenvalue weighted by Gasteiger charge is -2.37. The van der Waals surface area contributed by atoms with Crippen molar-refractivity contribution >= 4 is 10.0 Å². The average molecular weight is 806 g/mol. The van der Waals surface area contributed by atoms with E-state index in [2.05, 4.69) is 65.0 Å². The highest BCUT2D eigenvalue weighted by Gasteiger charge is 2.35. The molecule has 1 N–H and O–H groups in total. The van der Waals surface area contributed by atoms with Crippen molar-refractivity contribution in [3.63, 3.8) is 0 Å². The number of ether oxygens (including phenoxy) is 6. The minimum atomic E-state index is -3.61. The second-order valence-electron chi connectivity index (χ2n) is 15.2. The zero-order valence-electron chi connectivity index (χ0n) is 33.7. The molecule has 5 aromatic carbocycles. The highest BCUT2D eigenvalue weighted by atomic mass is 32.2. The Labute approximate surface area is 341 Å². The first-order valence-electron chi connectivity index (χ1n) is 19.8. The summed E-state index contributed by atoms with van der Waals surface area (Å²) in [5, 5.41) is 0. The van der Waals surface area contributed by atoms with Crippen LogP contribution in [0.5, 0.6) is 46.0 Å². The molecule has 12 heteroatoms. The predicted molar refractivity (Wildman–Crippen MR) is 223 cm³/mol. The summed E-state index contributed by atoms with van der Waals surface area (Å²) in [5.74, 6) is 4.90. The van der Waals surface area contributed by atoms with Gasteiger partial charge in [-0.25, -0.2) is 13.1 Å². The molecule has 0 aromatic heterocycles. The fraction of sp³-hybridized carbons (Fsp3) is 0.348. The number of methoxy groups -OCH3 is 3. The number of nitrogens with zero attached hydrogens (tertiary/aromatic N) is 2. The molecule has 4 aliphatic heterocycles. The van der Waals surface area contributed by atoms with Crippen molar-refractivity contribution in [1.29, 1.82) is 0 Å². The number of nitrogens with one attached hydrogen (secondary N) is 1. The molecule has 0 radical (unpaired) electrons. The van der Waals surface area contributed by atoms with Crippen LogP contribution in [-0.2, 0) is 35.7 Å². The number of benzene rings is 5. The number of sulfonamides is 1. The summed E-state index contributed by atoms with van der Waals surface area (Å²) in [6.07, 6.45) is 3.61. The zero-order valence-corrected chi connectivity index (χ0v) is 34.6. The van der Waals surface area contributed by atoms with Crippen molar-refractivity contribution in [1.82, 2.24) is 14.5 Å². The molecule has 58 heavy (non-hydrogen) atoms. The third-order valence-electron chi connectivity index (χ3n) is 11.6. The third kappa shape index (κ3) is 8.06. The van der Waals surface area contributed by atoms with E-state index in [-0.39, 0.29) is 30.1 Å². The molecule has 0 aliphatic carbocycles. The molecule has 11 nitrogen and oxygen atoms in total. The second kappa shape index (κ2) is 16.9. The van der Waals surface area contributed by atoms with Crippen LogP contribution in [0.15, 0.2) is 95.9 Å². The molecule has 0 amide bonds. The van der Waals surface area contributed by atoms with Gasteiger partial charge in [0.05, 0.1) is 32.8 Å². The summed E-state index contributed by atoms with van der Waals surface area (Å²) < 4.78 is 66.2. The van der Waals surface area contributed by atoms with Crippen LogP contribution >= 0.6 is 0 Å². The van der Waals surface area contributed by atoms with Gasteiger partial charge < -0.3 is 28.4 Å². The fourth-order valence-electron chi connectivity index (χ4n) is 8.37. The van der Waals surface area contributed by atoms with Crippen LogP contribution in [0.25, 0.3) is 0 Å². The molecule has 5 aromatic rings. The lowest BCUT2D eigenvalue weighted by Crippen LogP contribution is -2.34. The topological polar surface area (TPSA) is 108 Å². The molecule has 4 heterocycles.